The molecule has 0 aliphatic carbocycles. The van der Waals surface area contributed by atoms with Gasteiger partial charge in [0.25, 0.3) is 0 Å². The largest absolute Gasteiger partial charge is 0.352 e. The van der Waals surface area contributed by atoms with Crippen molar-refractivity contribution in [3.63, 3.8) is 0 Å². The standard InChI is InChI=1S/C16H14N4O2S/c17-10-11-3-5-12(6-4-11)19-16(22)20-8-7-18-15(21)14(20)13-2-1-9-23-13/h1-6,9,14H,7-8H2,(H,18,21)(H,19,22)/t14-/m0/s1. The highest BCUT2D eigenvalue weighted by Gasteiger charge is 2.35. The number of rotatable bonds is 2. The summed E-state index contributed by atoms with van der Waals surface area (Å²) in [6, 6.07) is 11.4. The molecule has 3 amide bonds. The van der Waals surface area contributed by atoms with Crippen molar-refractivity contribution in [1.29, 1.82) is 5.26 Å². The van der Waals surface area contributed by atoms with Crippen molar-refractivity contribution in [2.45, 2.75) is 6.04 Å². The molecule has 3 rings (SSSR count). The zero-order valence-electron chi connectivity index (χ0n) is 12.2. The van der Waals surface area contributed by atoms with Crippen LogP contribution in [0, 0.1) is 11.3 Å². The molecule has 1 saturated heterocycles. The van der Waals surface area contributed by atoms with Crippen molar-refractivity contribution >= 4 is 29.0 Å². The molecule has 1 aromatic carbocycles. The van der Waals surface area contributed by atoms with E-state index in [9.17, 15) is 9.59 Å². The summed E-state index contributed by atoms with van der Waals surface area (Å²) in [5.74, 6) is -0.173. The highest BCUT2D eigenvalue weighted by molar-refractivity contribution is 7.10. The molecule has 2 aromatic rings. The molecule has 0 radical (unpaired) electrons. The van der Waals surface area contributed by atoms with Gasteiger partial charge in [-0.3, -0.25) is 4.79 Å². The first-order chi connectivity index (χ1) is 11.2. The number of nitriles is 1. The lowest BCUT2D eigenvalue weighted by atomic mass is 10.1. The number of thiophene rings is 1. The predicted octanol–water partition coefficient (Wildman–Crippen LogP) is 2.32. The number of anilines is 1. The Morgan fingerprint density at radius 1 is 1.35 bits per heavy atom. The van der Waals surface area contributed by atoms with Crippen molar-refractivity contribution in [3.05, 3.63) is 52.2 Å². The first kappa shape index (κ1) is 15.1. The van der Waals surface area contributed by atoms with E-state index in [1.54, 1.807) is 24.3 Å². The molecule has 1 aliphatic rings. The van der Waals surface area contributed by atoms with Crippen molar-refractivity contribution in [3.8, 4) is 6.07 Å². The number of carbonyl (C=O) groups is 2. The molecule has 2 N–H and O–H groups in total. The van der Waals surface area contributed by atoms with Crippen LogP contribution in [0.3, 0.4) is 0 Å². The fraction of sp³-hybridized carbons (Fsp3) is 0.188. The molecular weight excluding hydrogens is 312 g/mol. The number of carbonyl (C=O) groups excluding carboxylic acids is 2. The van der Waals surface area contributed by atoms with Crippen molar-refractivity contribution in [1.82, 2.24) is 10.2 Å². The number of hydrogen-bond acceptors (Lipinski definition) is 4. The van der Waals surface area contributed by atoms with Gasteiger partial charge in [0.05, 0.1) is 11.6 Å². The Bertz CT molecular complexity index is 749. The van der Waals surface area contributed by atoms with Gasteiger partial charge in [0.15, 0.2) is 0 Å². The van der Waals surface area contributed by atoms with Crippen LogP contribution in [0.2, 0.25) is 0 Å². The zero-order valence-corrected chi connectivity index (χ0v) is 13.0. The fourth-order valence-electron chi connectivity index (χ4n) is 2.44. The molecule has 23 heavy (non-hydrogen) atoms. The van der Waals surface area contributed by atoms with E-state index in [-0.39, 0.29) is 11.9 Å². The second-order valence-corrected chi connectivity index (χ2v) is 6.00. The number of piperazine rings is 1. The molecule has 1 aromatic heterocycles. The van der Waals surface area contributed by atoms with E-state index >= 15 is 0 Å². The number of hydrogen-bond donors (Lipinski definition) is 2. The van der Waals surface area contributed by atoms with E-state index in [0.717, 1.165) is 4.88 Å². The van der Waals surface area contributed by atoms with Crippen molar-refractivity contribution < 1.29 is 9.59 Å². The minimum atomic E-state index is -0.609. The summed E-state index contributed by atoms with van der Waals surface area (Å²) in [4.78, 5) is 27.1. The van der Waals surface area contributed by atoms with Gasteiger partial charge in [-0.2, -0.15) is 5.26 Å². The molecule has 6 nitrogen and oxygen atoms in total. The Morgan fingerprint density at radius 3 is 2.78 bits per heavy atom. The lowest BCUT2D eigenvalue weighted by Crippen LogP contribution is -2.53. The molecule has 1 fully saturated rings. The number of benzene rings is 1. The number of nitrogens with one attached hydrogen (secondary N) is 2. The van der Waals surface area contributed by atoms with Crippen LogP contribution in [0.5, 0.6) is 0 Å². The van der Waals surface area contributed by atoms with E-state index in [1.165, 1.54) is 16.2 Å². The minimum Gasteiger partial charge on any atom is -0.352 e. The Hall–Kier alpha value is -2.85. The maximum atomic E-state index is 12.5. The molecule has 0 spiro atoms. The van der Waals surface area contributed by atoms with Crippen LogP contribution >= 0.6 is 11.3 Å². The van der Waals surface area contributed by atoms with Crippen LogP contribution in [0.15, 0.2) is 41.8 Å². The van der Waals surface area contributed by atoms with Crippen molar-refractivity contribution in [2.75, 3.05) is 18.4 Å². The summed E-state index contributed by atoms with van der Waals surface area (Å²) in [5, 5.41) is 16.2. The van der Waals surface area contributed by atoms with Crippen LogP contribution in [-0.4, -0.2) is 29.9 Å². The van der Waals surface area contributed by atoms with Crippen LogP contribution < -0.4 is 10.6 Å². The topological polar surface area (TPSA) is 85.2 Å². The summed E-state index contributed by atoms with van der Waals surface area (Å²) in [7, 11) is 0. The van der Waals surface area contributed by atoms with Gasteiger partial charge in [-0.15, -0.1) is 11.3 Å². The predicted molar refractivity (Wildman–Crippen MR) is 87.0 cm³/mol. The van der Waals surface area contributed by atoms with Crippen LogP contribution in [-0.2, 0) is 4.79 Å². The lowest BCUT2D eigenvalue weighted by molar-refractivity contribution is -0.127. The summed E-state index contributed by atoms with van der Waals surface area (Å²) in [5.41, 5.74) is 1.11. The number of urea groups is 1. The molecule has 0 unspecified atom stereocenters. The smallest absolute Gasteiger partial charge is 0.322 e. The lowest BCUT2D eigenvalue weighted by Gasteiger charge is -2.34. The summed E-state index contributed by atoms with van der Waals surface area (Å²) in [6.07, 6.45) is 0. The van der Waals surface area contributed by atoms with Gasteiger partial charge in [-0.1, -0.05) is 6.07 Å². The van der Waals surface area contributed by atoms with Crippen LogP contribution in [0.25, 0.3) is 0 Å². The highest BCUT2D eigenvalue weighted by atomic mass is 32.1. The first-order valence-electron chi connectivity index (χ1n) is 7.08. The third-order valence-corrected chi connectivity index (χ3v) is 4.48. The van der Waals surface area contributed by atoms with E-state index in [0.29, 0.717) is 24.3 Å². The second-order valence-electron chi connectivity index (χ2n) is 5.02. The fourth-order valence-corrected chi connectivity index (χ4v) is 3.27. The van der Waals surface area contributed by atoms with Crippen LogP contribution in [0.1, 0.15) is 16.5 Å². The Morgan fingerprint density at radius 2 is 2.13 bits per heavy atom. The average molecular weight is 326 g/mol. The Kier molecular flexibility index (Phi) is 4.26. The average Bonchev–Trinajstić information content (AvgIpc) is 3.09. The SMILES string of the molecule is N#Cc1ccc(NC(=O)N2CCNC(=O)[C@@H]2c2cccs2)cc1. The Balaban J connectivity index is 1.78. The zero-order chi connectivity index (χ0) is 16.2. The quantitative estimate of drug-likeness (QED) is 0.888. The van der Waals surface area contributed by atoms with Gasteiger partial charge in [0.1, 0.15) is 6.04 Å². The van der Waals surface area contributed by atoms with Gasteiger partial charge in [0, 0.05) is 23.7 Å². The van der Waals surface area contributed by atoms with Gasteiger partial charge < -0.3 is 15.5 Å². The molecule has 116 valence electrons. The van der Waals surface area contributed by atoms with Crippen LogP contribution in [0.4, 0.5) is 10.5 Å². The highest BCUT2D eigenvalue weighted by Crippen LogP contribution is 2.27. The summed E-state index contributed by atoms with van der Waals surface area (Å²) in [6.45, 7) is 0.873. The molecule has 1 atom stereocenters. The molecule has 7 heteroatoms. The summed E-state index contributed by atoms with van der Waals surface area (Å²) >= 11 is 1.45. The van der Waals surface area contributed by atoms with E-state index in [1.807, 2.05) is 23.6 Å². The summed E-state index contributed by atoms with van der Waals surface area (Å²) < 4.78 is 0. The second kappa shape index (κ2) is 6.50. The first-order valence-corrected chi connectivity index (χ1v) is 7.96. The third-order valence-electron chi connectivity index (χ3n) is 3.55. The van der Waals surface area contributed by atoms with Gasteiger partial charge in [-0.05, 0) is 35.7 Å². The monoisotopic (exact) mass is 326 g/mol. The maximum Gasteiger partial charge on any atom is 0.322 e. The van der Waals surface area contributed by atoms with E-state index in [4.69, 9.17) is 5.26 Å². The normalized spacial score (nSPS) is 17.3. The molecule has 1 aliphatic heterocycles. The van der Waals surface area contributed by atoms with Gasteiger partial charge in [-0.25, -0.2) is 4.79 Å². The van der Waals surface area contributed by atoms with Gasteiger partial charge >= 0.3 is 6.03 Å². The number of amides is 3. The van der Waals surface area contributed by atoms with E-state index in [2.05, 4.69) is 10.6 Å². The number of nitrogens with zero attached hydrogens (tertiary/aromatic N) is 2. The maximum absolute atomic E-state index is 12.5. The minimum absolute atomic E-state index is 0.173. The van der Waals surface area contributed by atoms with Gasteiger partial charge in [0.2, 0.25) is 5.91 Å². The van der Waals surface area contributed by atoms with E-state index < -0.39 is 6.04 Å². The molecular formula is C16H14N4O2S. The Labute approximate surface area is 137 Å². The third kappa shape index (κ3) is 3.17. The molecule has 2 heterocycles. The molecule has 0 saturated carbocycles. The molecule has 0 bridgehead atoms. The van der Waals surface area contributed by atoms with Crippen molar-refractivity contribution in [2.24, 2.45) is 0 Å².